The summed E-state index contributed by atoms with van der Waals surface area (Å²) >= 11 is 0. The van der Waals surface area contributed by atoms with Gasteiger partial charge in [-0.3, -0.25) is 4.79 Å². The summed E-state index contributed by atoms with van der Waals surface area (Å²) in [5.41, 5.74) is 0.969. The van der Waals surface area contributed by atoms with Gasteiger partial charge in [-0.25, -0.2) is 8.42 Å². The number of ether oxygens (including phenoxy) is 1. The van der Waals surface area contributed by atoms with Crippen LogP contribution in [0.5, 0.6) is 0 Å². The van der Waals surface area contributed by atoms with Crippen molar-refractivity contribution >= 4 is 26.7 Å². The Hall–Kier alpha value is -2.68. The molecule has 8 heteroatoms. The average molecular weight is 472 g/mol. The van der Waals surface area contributed by atoms with E-state index in [1.54, 1.807) is 24.1 Å². The van der Waals surface area contributed by atoms with Crippen molar-refractivity contribution in [3.05, 3.63) is 66.5 Å². The van der Waals surface area contributed by atoms with Crippen LogP contribution in [0.25, 0.3) is 10.8 Å². The molecule has 178 valence electrons. The Morgan fingerprint density at radius 1 is 1.03 bits per heavy atom. The fraction of sp³-hybridized carbons (Fsp3) is 0.400. The fourth-order valence-corrected chi connectivity index (χ4v) is 5.42. The Kier molecular flexibility index (Phi) is 8.66. The van der Waals surface area contributed by atoms with Gasteiger partial charge < -0.3 is 14.2 Å². The number of carbonyl (C=O) groups is 1. The maximum atomic E-state index is 13.7. The van der Waals surface area contributed by atoms with Crippen LogP contribution in [0.2, 0.25) is 0 Å². The minimum atomic E-state index is -3.87. The van der Waals surface area contributed by atoms with Gasteiger partial charge in [0.15, 0.2) is 0 Å². The third kappa shape index (κ3) is 6.01. The lowest BCUT2D eigenvalue weighted by Gasteiger charge is -2.27. The van der Waals surface area contributed by atoms with Crippen LogP contribution in [0.4, 0.5) is 0 Å². The van der Waals surface area contributed by atoms with E-state index >= 15 is 0 Å². The van der Waals surface area contributed by atoms with Crippen LogP contribution in [0.1, 0.15) is 25.5 Å². The lowest BCUT2D eigenvalue weighted by atomic mass is 10.1. The predicted octanol–water partition coefficient (Wildman–Crippen LogP) is 3.64. The molecule has 0 aliphatic carbocycles. The number of unbranched alkanes of at least 4 members (excludes halogenated alkanes) is 1. The smallest absolute Gasteiger partial charge is 0.244 e. The summed E-state index contributed by atoms with van der Waals surface area (Å²) in [7, 11) is -0.359. The van der Waals surface area contributed by atoms with E-state index in [0.717, 1.165) is 17.5 Å². The molecule has 1 amide bonds. The molecule has 3 rings (SSSR count). The first kappa shape index (κ1) is 25.0. The number of aromatic nitrogens is 1. The summed E-state index contributed by atoms with van der Waals surface area (Å²) in [5.74, 6) is -0.242. The normalized spacial score (nSPS) is 11.9. The summed E-state index contributed by atoms with van der Waals surface area (Å²) in [5, 5.41) is 1.51. The van der Waals surface area contributed by atoms with Gasteiger partial charge in [0.2, 0.25) is 15.9 Å². The van der Waals surface area contributed by atoms with E-state index in [9.17, 15) is 13.2 Å². The predicted molar refractivity (Wildman–Crippen MR) is 130 cm³/mol. The summed E-state index contributed by atoms with van der Waals surface area (Å²) in [6, 6.07) is 16.5. The number of fused-ring (bicyclic) bond motifs is 1. The number of rotatable bonds is 12. The molecule has 0 spiro atoms. The van der Waals surface area contributed by atoms with Gasteiger partial charge in [-0.05, 0) is 30.0 Å². The SMILES string of the molecule is CCCCN(CC(=O)N(CCOC)Cc1cccn1C)S(=O)(=O)c1cccc2ccccc12. The highest BCUT2D eigenvalue weighted by Gasteiger charge is 2.29. The molecule has 0 aliphatic rings. The first-order valence-corrected chi connectivity index (χ1v) is 12.7. The molecule has 1 heterocycles. The zero-order valence-electron chi connectivity index (χ0n) is 19.6. The van der Waals surface area contributed by atoms with Crippen molar-refractivity contribution in [2.45, 2.75) is 31.2 Å². The largest absolute Gasteiger partial charge is 0.383 e. The third-order valence-electron chi connectivity index (χ3n) is 5.76. The molecule has 0 radical (unpaired) electrons. The number of methoxy groups -OCH3 is 1. The van der Waals surface area contributed by atoms with Crippen molar-refractivity contribution in [3.63, 3.8) is 0 Å². The van der Waals surface area contributed by atoms with Crippen LogP contribution in [-0.2, 0) is 33.1 Å². The van der Waals surface area contributed by atoms with Crippen molar-refractivity contribution in [1.82, 2.24) is 13.8 Å². The molecule has 0 N–H and O–H groups in total. The topological polar surface area (TPSA) is 71.8 Å². The Balaban J connectivity index is 1.90. The van der Waals surface area contributed by atoms with Gasteiger partial charge in [-0.1, -0.05) is 49.7 Å². The number of hydrogen-bond acceptors (Lipinski definition) is 4. The van der Waals surface area contributed by atoms with Gasteiger partial charge in [0, 0.05) is 44.5 Å². The number of amides is 1. The maximum Gasteiger partial charge on any atom is 0.244 e. The Morgan fingerprint density at radius 3 is 2.48 bits per heavy atom. The molecule has 0 atom stereocenters. The van der Waals surface area contributed by atoms with E-state index in [1.807, 2.05) is 67.2 Å². The molecule has 2 aromatic carbocycles. The number of hydrogen-bond donors (Lipinski definition) is 0. The van der Waals surface area contributed by atoms with E-state index in [-0.39, 0.29) is 23.9 Å². The zero-order chi connectivity index (χ0) is 23.8. The molecule has 1 aromatic heterocycles. The van der Waals surface area contributed by atoms with Crippen LogP contribution < -0.4 is 0 Å². The summed E-state index contributed by atoms with van der Waals surface area (Å²) in [6.45, 7) is 3.24. The Bertz CT molecular complexity index is 1170. The van der Waals surface area contributed by atoms with Crippen molar-refractivity contribution in [2.75, 3.05) is 33.4 Å². The highest BCUT2D eigenvalue weighted by molar-refractivity contribution is 7.89. The maximum absolute atomic E-state index is 13.7. The molecular formula is C25H33N3O4S. The second kappa shape index (κ2) is 11.4. The van der Waals surface area contributed by atoms with E-state index in [0.29, 0.717) is 31.5 Å². The number of aryl methyl sites for hydroxylation is 1. The first-order chi connectivity index (χ1) is 15.9. The molecular weight excluding hydrogens is 438 g/mol. The second-order valence-corrected chi connectivity index (χ2v) is 9.99. The van der Waals surface area contributed by atoms with E-state index < -0.39 is 10.0 Å². The highest BCUT2D eigenvalue weighted by Crippen LogP contribution is 2.26. The van der Waals surface area contributed by atoms with Crippen LogP contribution in [0, 0.1) is 0 Å². The summed E-state index contributed by atoms with van der Waals surface area (Å²) in [6.07, 6.45) is 3.42. The molecule has 0 saturated carbocycles. The van der Waals surface area contributed by atoms with E-state index in [2.05, 4.69) is 0 Å². The van der Waals surface area contributed by atoms with Crippen molar-refractivity contribution in [1.29, 1.82) is 0 Å². The first-order valence-electron chi connectivity index (χ1n) is 11.2. The molecule has 3 aromatic rings. The average Bonchev–Trinajstić information content (AvgIpc) is 3.22. The molecule has 0 bridgehead atoms. The van der Waals surface area contributed by atoms with Gasteiger partial charge >= 0.3 is 0 Å². The summed E-state index contributed by atoms with van der Waals surface area (Å²) < 4.78 is 35.9. The number of benzene rings is 2. The lowest BCUT2D eigenvalue weighted by Crippen LogP contribution is -2.44. The number of nitrogens with zero attached hydrogens (tertiary/aromatic N) is 3. The minimum Gasteiger partial charge on any atom is -0.383 e. The van der Waals surface area contributed by atoms with Crippen molar-refractivity contribution < 1.29 is 17.9 Å². The van der Waals surface area contributed by atoms with Crippen LogP contribution in [0.3, 0.4) is 0 Å². The van der Waals surface area contributed by atoms with Crippen molar-refractivity contribution in [2.24, 2.45) is 7.05 Å². The quantitative estimate of drug-likeness (QED) is 0.404. The van der Waals surface area contributed by atoms with E-state index in [1.165, 1.54) is 4.31 Å². The fourth-order valence-electron chi connectivity index (χ4n) is 3.78. The van der Waals surface area contributed by atoms with E-state index in [4.69, 9.17) is 4.74 Å². The van der Waals surface area contributed by atoms with Crippen molar-refractivity contribution in [3.8, 4) is 0 Å². The van der Waals surface area contributed by atoms with Gasteiger partial charge in [0.1, 0.15) is 0 Å². The zero-order valence-corrected chi connectivity index (χ0v) is 20.4. The summed E-state index contributed by atoms with van der Waals surface area (Å²) in [4.78, 5) is 15.3. The lowest BCUT2D eigenvalue weighted by molar-refractivity contribution is -0.132. The number of sulfonamides is 1. The second-order valence-electron chi connectivity index (χ2n) is 8.09. The van der Waals surface area contributed by atoms with Crippen LogP contribution in [-0.4, -0.2) is 61.4 Å². The monoisotopic (exact) mass is 471 g/mol. The Morgan fingerprint density at radius 2 is 1.79 bits per heavy atom. The van der Waals surface area contributed by atoms with Gasteiger partial charge in [-0.15, -0.1) is 0 Å². The molecule has 0 aliphatic heterocycles. The minimum absolute atomic E-state index is 0.209. The van der Waals surface area contributed by atoms with Gasteiger partial charge in [-0.2, -0.15) is 4.31 Å². The van der Waals surface area contributed by atoms with Gasteiger partial charge in [0.25, 0.3) is 0 Å². The highest BCUT2D eigenvalue weighted by atomic mass is 32.2. The molecule has 0 saturated heterocycles. The van der Waals surface area contributed by atoms with Crippen LogP contribution in [0.15, 0.2) is 65.7 Å². The Labute approximate surface area is 196 Å². The molecule has 33 heavy (non-hydrogen) atoms. The standard InChI is InChI=1S/C25H33N3O4S/c1-4-5-16-28(33(30,31)24-14-8-11-21-10-6-7-13-23(21)24)20-25(29)27(17-18-32-3)19-22-12-9-15-26(22)2/h6-15H,4-5,16-20H2,1-3H3. The third-order valence-corrected chi connectivity index (χ3v) is 7.67. The number of carbonyl (C=O) groups excluding carboxylic acids is 1. The van der Waals surface area contributed by atoms with Crippen LogP contribution >= 0.6 is 0 Å². The molecule has 0 fully saturated rings. The van der Waals surface area contributed by atoms with Gasteiger partial charge in [0.05, 0.1) is 24.6 Å². The molecule has 0 unspecified atom stereocenters. The molecule has 7 nitrogen and oxygen atoms in total.